The van der Waals surface area contributed by atoms with Crippen LogP contribution in [0.15, 0.2) is 0 Å². The average Bonchev–Trinajstić information content (AvgIpc) is 3.22. The summed E-state index contributed by atoms with van der Waals surface area (Å²) >= 11 is 0. The van der Waals surface area contributed by atoms with Crippen molar-refractivity contribution in [1.82, 2.24) is 15.1 Å². The Morgan fingerprint density at radius 3 is 2.79 bits per heavy atom. The van der Waals surface area contributed by atoms with Gasteiger partial charge in [0.05, 0.1) is 6.61 Å². The highest BCUT2D eigenvalue weighted by Crippen LogP contribution is 2.29. The summed E-state index contributed by atoms with van der Waals surface area (Å²) in [6.45, 7) is 5.02. The molecule has 4 heteroatoms. The monoisotopic (exact) mass is 267 g/mol. The minimum absolute atomic E-state index is 0.279. The van der Waals surface area contributed by atoms with Crippen LogP contribution in [0.5, 0.6) is 0 Å². The summed E-state index contributed by atoms with van der Waals surface area (Å²) in [5, 5.41) is 13.1. The number of aliphatic hydroxyl groups is 1. The quantitative estimate of drug-likeness (QED) is 0.761. The molecule has 0 aromatic rings. The topological polar surface area (TPSA) is 38.7 Å². The SMILES string of the molecule is CN1CCCC2CN(CC(CO)NC3CC3)CCC21. The van der Waals surface area contributed by atoms with Crippen LogP contribution >= 0.6 is 0 Å². The summed E-state index contributed by atoms with van der Waals surface area (Å²) in [5.41, 5.74) is 0. The Kier molecular flexibility index (Phi) is 4.42. The van der Waals surface area contributed by atoms with Crippen molar-refractivity contribution >= 4 is 0 Å². The van der Waals surface area contributed by atoms with Crippen LogP contribution in [0, 0.1) is 5.92 Å². The summed E-state index contributed by atoms with van der Waals surface area (Å²) in [6.07, 6.45) is 6.65. The molecule has 3 aliphatic rings. The fourth-order valence-electron chi connectivity index (χ4n) is 3.95. The number of piperidine rings is 2. The van der Waals surface area contributed by atoms with E-state index in [9.17, 15) is 5.11 Å². The van der Waals surface area contributed by atoms with E-state index in [1.165, 1.54) is 51.7 Å². The molecule has 1 saturated carbocycles. The lowest BCUT2D eigenvalue weighted by atomic mass is 9.84. The normalized spacial score (nSPS) is 35.1. The Morgan fingerprint density at radius 1 is 1.21 bits per heavy atom. The summed E-state index contributed by atoms with van der Waals surface area (Å²) < 4.78 is 0. The van der Waals surface area contributed by atoms with Crippen molar-refractivity contribution in [3.8, 4) is 0 Å². The van der Waals surface area contributed by atoms with Gasteiger partial charge in [-0.25, -0.2) is 0 Å². The first-order valence-corrected chi connectivity index (χ1v) is 8.05. The van der Waals surface area contributed by atoms with E-state index in [1.54, 1.807) is 0 Å². The van der Waals surface area contributed by atoms with Crippen LogP contribution in [-0.2, 0) is 0 Å². The maximum atomic E-state index is 9.51. The van der Waals surface area contributed by atoms with Crippen molar-refractivity contribution in [3.05, 3.63) is 0 Å². The molecular formula is C15H29N3O. The zero-order valence-electron chi connectivity index (χ0n) is 12.2. The highest BCUT2D eigenvalue weighted by molar-refractivity contribution is 4.91. The number of fused-ring (bicyclic) bond motifs is 1. The minimum Gasteiger partial charge on any atom is -0.395 e. The van der Waals surface area contributed by atoms with Crippen LogP contribution in [0.1, 0.15) is 32.1 Å². The molecule has 2 aliphatic heterocycles. The molecule has 3 unspecified atom stereocenters. The van der Waals surface area contributed by atoms with Crippen LogP contribution in [0.2, 0.25) is 0 Å². The smallest absolute Gasteiger partial charge is 0.0597 e. The summed E-state index contributed by atoms with van der Waals surface area (Å²) in [7, 11) is 2.29. The number of nitrogens with one attached hydrogen (secondary N) is 1. The molecule has 2 saturated heterocycles. The van der Waals surface area contributed by atoms with Crippen LogP contribution in [0.3, 0.4) is 0 Å². The molecule has 0 radical (unpaired) electrons. The largest absolute Gasteiger partial charge is 0.395 e. The van der Waals surface area contributed by atoms with Gasteiger partial charge in [-0.1, -0.05) is 0 Å². The number of hydrogen-bond acceptors (Lipinski definition) is 4. The zero-order chi connectivity index (χ0) is 13.2. The van der Waals surface area contributed by atoms with Crippen molar-refractivity contribution < 1.29 is 5.11 Å². The maximum Gasteiger partial charge on any atom is 0.0597 e. The average molecular weight is 267 g/mol. The zero-order valence-corrected chi connectivity index (χ0v) is 12.2. The molecule has 3 atom stereocenters. The molecule has 2 N–H and O–H groups in total. The fourth-order valence-corrected chi connectivity index (χ4v) is 3.95. The molecule has 1 aliphatic carbocycles. The van der Waals surface area contributed by atoms with E-state index < -0.39 is 0 Å². The van der Waals surface area contributed by atoms with Gasteiger partial charge in [0.1, 0.15) is 0 Å². The van der Waals surface area contributed by atoms with Gasteiger partial charge >= 0.3 is 0 Å². The van der Waals surface area contributed by atoms with Crippen LogP contribution in [0.25, 0.3) is 0 Å². The second kappa shape index (κ2) is 6.08. The Bertz CT molecular complexity index is 293. The first kappa shape index (κ1) is 13.8. The second-order valence-electron chi connectivity index (χ2n) is 6.82. The van der Waals surface area contributed by atoms with Crippen LogP contribution < -0.4 is 5.32 Å². The Hall–Kier alpha value is -0.160. The summed E-state index contributed by atoms with van der Waals surface area (Å²) in [6, 6.07) is 1.79. The Labute approximate surface area is 117 Å². The number of aliphatic hydroxyl groups excluding tert-OH is 1. The Morgan fingerprint density at radius 2 is 2.05 bits per heavy atom. The molecule has 4 nitrogen and oxygen atoms in total. The molecule has 2 heterocycles. The van der Waals surface area contributed by atoms with Gasteiger partial charge in [0.25, 0.3) is 0 Å². The van der Waals surface area contributed by atoms with E-state index in [-0.39, 0.29) is 12.6 Å². The third-order valence-electron chi connectivity index (χ3n) is 5.18. The molecule has 3 rings (SSSR count). The number of rotatable bonds is 5. The van der Waals surface area contributed by atoms with Crippen molar-refractivity contribution in [2.24, 2.45) is 5.92 Å². The van der Waals surface area contributed by atoms with E-state index in [0.717, 1.165) is 18.5 Å². The van der Waals surface area contributed by atoms with E-state index >= 15 is 0 Å². The van der Waals surface area contributed by atoms with Crippen LogP contribution in [-0.4, -0.2) is 72.9 Å². The lowest BCUT2D eigenvalue weighted by Crippen LogP contribution is -2.55. The predicted octanol–water partition coefficient (Wildman–Crippen LogP) is 0.515. The van der Waals surface area contributed by atoms with E-state index in [0.29, 0.717) is 6.04 Å². The fraction of sp³-hybridized carbons (Fsp3) is 1.00. The molecular weight excluding hydrogens is 238 g/mol. The van der Waals surface area contributed by atoms with E-state index in [4.69, 9.17) is 0 Å². The van der Waals surface area contributed by atoms with Gasteiger partial charge in [-0.2, -0.15) is 0 Å². The second-order valence-corrected chi connectivity index (χ2v) is 6.82. The molecule has 0 aromatic carbocycles. The standard InChI is InChI=1S/C15H29N3O/c1-17-7-2-3-12-9-18(8-6-15(12)17)10-14(11-19)16-13-4-5-13/h12-16,19H,2-11H2,1H3. The summed E-state index contributed by atoms with van der Waals surface area (Å²) in [4.78, 5) is 5.15. The molecule has 0 spiro atoms. The van der Waals surface area contributed by atoms with Crippen LogP contribution in [0.4, 0.5) is 0 Å². The molecule has 3 fully saturated rings. The highest BCUT2D eigenvalue weighted by atomic mass is 16.3. The van der Waals surface area contributed by atoms with Gasteiger partial charge < -0.3 is 20.2 Å². The Balaban J connectivity index is 1.49. The minimum atomic E-state index is 0.279. The predicted molar refractivity (Wildman–Crippen MR) is 77.2 cm³/mol. The van der Waals surface area contributed by atoms with Gasteiger partial charge in [-0.05, 0) is 58.2 Å². The van der Waals surface area contributed by atoms with E-state index in [2.05, 4.69) is 22.2 Å². The van der Waals surface area contributed by atoms with Crippen molar-refractivity contribution in [2.75, 3.05) is 39.8 Å². The van der Waals surface area contributed by atoms with Crippen molar-refractivity contribution in [3.63, 3.8) is 0 Å². The van der Waals surface area contributed by atoms with Crippen molar-refractivity contribution in [2.45, 2.75) is 50.2 Å². The first-order valence-electron chi connectivity index (χ1n) is 8.05. The van der Waals surface area contributed by atoms with Crippen molar-refractivity contribution in [1.29, 1.82) is 0 Å². The summed E-state index contributed by atoms with van der Waals surface area (Å²) in [5.74, 6) is 0.854. The van der Waals surface area contributed by atoms with Gasteiger partial charge in [-0.15, -0.1) is 0 Å². The maximum absolute atomic E-state index is 9.51. The lowest BCUT2D eigenvalue weighted by Gasteiger charge is -2.46. The molecule has 0 bridgehead atoms. The third-order valence-corrected chi connectivity index (χ3v) is 5.18. The first-order chi connectivity index (χ1) is 9.26. The molecule has 19 heavy (non-hydrogen) atoms. The molecule has 110 valence electrons. The highest BCUT2D eigenvalue weighted by Gasteiger charge is 2.35. The number of nitrogens with zero attached hydrogens (tertiary/aromatic N) is 2. The van der Waals surface area contributed by atoms with E-state index in [1.807, 2.05) is 0 Å². The number of hydrogen-bond donors (Lipinski definition) is 2. The lowest BCUT2D eigenvalue weighted by molar-refractivity contribution is 0.0316. The third kappa shape index (κ3) is 3.48. The van der Waals surface area contributed by atoms with Gasteiger partial charge in [0.15, 0.2) is 0 Å². The number of likely N-dealkylation sites (tertiary alicyclic amines) is 2. The molecule has 0 aromatic heterocycles. The van der Waals surface area contributed by atoms with Gasteiger partial charge in [0, 0.05) is 31.2 Å². The van der Waals surface area contributed by atoms with Gasteiger partial charge in [0.2, 0.25) is 0 Å². The molecule has 0 amide bonds. The van der Waals surface area contributed by atoms with Gasteiger partial charge in [-0.3, -0.25) is 0 Å².